The third-order valence-electron chi connectivity index (χ3n) is 3.21. The molecule has 0 saturated heterocycles. The van der Waals surface area contributed by atoms with Crippen LogP contribution in [0.15, 0.2) is 17.1 Å². The molecule has 0 bridgehead atoms. The van der Waals surface area contributed by atoms with Gasteiger partial charge in [0.2, 0.25) is 0 Å². The molecule has 1 rings (SSSR count). The summed E-state index contributed by atoms with van der Waals surface area (Å²) in [6, 6.07) is 1.11. The van der Waals surface area contributed by atoms with Gasteiger partial charge in [0.1, 0.15) is 0 Å². The van der Waals surface area contributed by atoms with Crippen LogP contribution in [0.2, 0.25) is 0 Å². The van der Waals surface area contributed by atoms with Crippen molar-refractivity contribution in [3.05, 3.63) is 12.2 Å². The van der Waals surface area contributed by atoms with Gasteiger partial charge in [-0.05, 0) is 33.7 Å². The van der Waals surface area contributed by atoms with Gasteiger partial charge in [0.15, 0.2) is 5.96 Å². The molecule has 0 saturated carbocycles. The van der Waals surface area contributed by atoms with E-state index in [0.717, 1.165) is 31.9 Å². The van der Waals surface area contributed by atoms with Crippen LogP contribution in [0.4, 0.5) is 0 Å². The predicted molar refractivity (Wildman–Crippen MR) is 74.4 cm³/mol. The zero-order valence-electron chi connectivity index (χ0n) is 11.5. The average Bonchev–Trinajstić information content (AvgIpc) is 2.80. The van der Waals surface area contributed by atoms with Crippen LogP contribution in [0.5, 0.6) is 0 Å². The standard InChI is InChI=1S/C13H26N4/c1-11(2)17(4)10-9-15-13(14-3)16-12-7-5-6-8-12/h5-6,11-12H,7-10H2,1-4H3,(H2,14,15,16). The molecule has 2 N–H and O–H groups in total. The Morgan fingerprint density at radius 1 is 1.41 bits per heavy atom. The molecular weight excluding hydrogens is 212 g/mol. The molecule has 0 spiro atoms. The lowest BCUT2D eigenvalue weighted by molar-refractivity contribution is 0.278. The summed E-state index contributed by atoms with van der Waals surface area (Å²) in [7, 11) is 3.97. The first-order valence-electron chi connectivity index (χ1n) is 6.46. The Kier molecular flexibility index (Phi) is 6.05. The summed E-state index contributed by atoms with van der Waals surface area (Å²) in [4.78, 5) is 6.56. The molecule has 0 aliphatic heterocycles. The maximum atomic E-state index is 4.24. The molecule has 0 radical (unpaired) electrons. The fourth-order valence-electron chi connectivity index (χ4n) is 1.73. The van der Waals surface area contributed by atoms with Crippen molar-refractivity contribution in [3.8, 4) is 0 Å². The first-order chi connectivity index (χ1) is 8.13. The Balaban J connectivity index is 2.19. The van der Waals surface area contributed by atoms with Crippen LogP contribution in [-0.4, -0.2) is 50.1 Å². The van der Waals surface area contributed by atoms with E-state index in [0.29, 0.717) is 12.1 Å². The molecule has 0 aromatic rings. The minimum absolute atomic E-state index is 0.518. The van der Waals surface area contributed by atoms with Crippen molar-refractivity contribution in [1.29, 1.82) is 0 Å². The first kappa shape index (κ1) is 14.0. The van der Waals surface area contributed by atoms with Gasteiger partial charge in [0.05, 0.1) is 0 Å². The normalized spacial score (nSPS) is 17.2. The van der Waals surface area contributed by atoms with Crippen molar-refractivity contribution < 1.29 is 0 Å². The highest BCUT2D eigenvalue weighted by molar-refractivity contribution is 5.80. The van der Waals surface area contributed by atoms with E-state index in [4.69, 9.17) is 0 Å². The molecule has 0 fully saturated rings. The van der Waals surface area contributed by atoms with Gasteiger partial charge in [0, 0.05) is 32.2 Å². The Labute approximate surface area is 105 Å². The van der Waals surface area contributed by atoms with Crippen LogP contribution in [0.1, 0.15) is 26.7 Å². The SMILES string of the molecule is CN=C(NCCN(C)C(C)C)NC1CC=CC1. The maximum absolute atomic E-state index is 4.24. The van der Waals surface area contributed by atoms with Crippen molar-refractivity contribution in [2.45, 2.75) is 38.8 Å². The predicted octanol–water partition coefficient (Wildman–Crippen LogP) is 1.21. The zero-order valence-corrected chi connectivity index (χ0v) is 11.5. The smallest absolute Gasteiger partial charge is 0.191 e. The lowest BCUT2D eigenvalue weighted by Crippen LogP contribution is -2.45. The molecule has 0 amide bonds. The van der Waals surface area contributed by atoms with Gasteiger partial charge in [-0.2, -0.15) is 0 Å². The van der Waals surface area contributed by atoms with Crippen molar-refractivity contribution in [2.24, 2.45) is 4.99 Å². The van der Waals surface area contributed by atoms with E-state index in [2.05, 4.69) is 53.6 Å². The van der Waals surface area contributed by atoms with E-state index in [9.17, 15) is 0 Å². The molecule has 98 valence electrons. The van der Waals surface area contributed by atoms with E-state index in [1.165, 1.54) is 0 Å². The second-order valence-corrected chi connectivity index (χ2v) is 4.86. The summed E-state index contributed by atoms with van der Waals surface area (Å²) in [5.74, 6) is 0.913. The van der Waals surface area contributed by atoms with Gasteiger partial charge in [-0.15, -0.1) is 0 Å². The van der Waals surface area contributed by atoms with Gasteiger partial charge in [-0.1, -0.05) is 12.2 Å². The van der Waals surface area contributed by atoms with Gasteiger partial charge in [-0.25, -0.2) is 0 Å². The second-order valence-electron chi connectivity index (χ2n) is 4.86. The molecule has 0 heterocycles. The molecule has 1 aliphatic rings. The number of nitrogens with zero attached hydrogens (tertiary/aromatic N) is 2. The third-order valence-corrected chi connectivity index (χ3v) is 3.21. The number of hydrogen-bond acceptors (Lipinski definition) is 2. The Morgan fingerprint density at radius 3 is 2.59 bits per heavy atom. The van der Waals surface area contributed by atoms with Gasteiger partial charge >= 0.3 is 0 Å². The fourth-order valence-corrected chi connectivity index (χ4v) is 1.73. The van der Waals surface area contributed by atoms with E-state index in [-0.39, 0.29) is 0 Å². The summed E-state index contributed by atoms with van der Waals surface area (Å²) < 4.78 is 0. The van der Waals surface area contributed by atoms with E-state index < -0.39 is 0 Å². The van der Waals surface area contributed by atoms with Crippen LogP contribution in [-0.2, 0) is 0 Å². The highest BCUT2D eigenvalue weighted by Crippen LogP contribution is 2.08. The van der Waals surface area contributed by atoms with Crippen LogP contribution >= 0.6 is 0 Å². The lowest BCUT2D eigenvalue weighted by Gasteiger charge is -2.22. The fraction of sp³-hybridized carbons (Fsp3) is 0.769. The molecular formula is C13H26N4. The van der Waals surface area contributed by atoms with Crippen molar-refractivity contribution >= 4 is 5.96 Å². The highest BCUT2D eigenvalue weighted by Gasteiger charge is 2.11. The monoisotopic (exact) mass is 238 g/mol. The Hall–Kier alpha value is -1.03. The summed E-state index contributed by atoms with van der Waals surface area (Å²) in [5, 5.41) is 6.78. The van der Waals surface area contributed by atoms with Crippen molar-refractivity contribution in [3.63, 3.8) is 0 Å². The molecule has 0 unspecified atom stereocenters. The van der Waals surface area contributed by atoms with E-state index >= 15 is 0 Å². The van der Waals surface area contributed by atoms with Crippen LogP contribution in [0.3, 0.4) is 0 Å². The van der Waals surface area contributed by atoms with Crippen LogP contribution in [0.25, 0.3) is 0 Å². The first-order valence-corrected chi connectivity index (χ1v) is 6.46. The quantitative estimate of drug-likeness (QED) is 0.430. The zero-order chi connectivity index (χ0) is 12.7. The van der Waals surface area contributed by atoms with Gasteiger partial charge in [-0.3, -0.25) is 4.99 Å². The number of hydrogen-bond donors (Lipinski definition) is 2. The van der Waals surface area contributed by atoms with Crippen molar-refractivity contribution in [2.75, 3.05) is 27.2 Å². The molecule has 4 nitrogen and oxygen atoms in total. The molecule has 0 aromatic carbocycles. The van der Waals surface area contributed by atoms with Crippen molar-refractivity contribution in [1.82, 2.24) is 15.5 Å². The summed E-state index contributed by atoms with van der Waals surface area (Å²) in [6.07, 6.45) is 6.65. The summed E-state index contributed by atoms with van der Waals surface area (Å²) in [5.41, 5.74) is 0. The molecule has 4 heteroatoms. The highest BCUT2D eigenvalue weighted by atomic mass is 15.2. The lowest BCUT2D eigenvalue weighted by atomic mass is 10.2. The maximum Gasteiger partial charge on any atom is 0.191 e. The minimum Gasteiger partial charge on any atom is -0.355 e. The molecule has 17 heavy (non-hydrogen) atoms. The van der Waals surface area contributed by atoms with Gasteiger partial charge in [0.25, 0.3) is 0 Å². The number of guanidine groups is 1. The molecule has 0 aromatic heterocycles. The largest absolute Gasteiger partial charge is 0.355 e. The molecule has 1 aliphatic carbocycles. The second kappa shape index (κ2) is 7.33. The van der Waals surface area contributed by atoms with Crippen LogP contribution < -0.4 is 10.6 Å². The van der Waals surface area contributed by atoms with E-state index in [1.54, 1.807) is 0 Å². The number of rotatable bonds is 5. The number of aliphatic imine (C=N–C) groups is 1. The third kappa shape index (κ3) is 5.22. The van der Waals surface area contributed by atoms with Crippen LogP contribution in [0, 0.1) is 0 Å². The summed E-state index contributed by atoms with van der Waals surface area (Å²) in [6.45, 7) is 6.37. The average molecular weight is 238 g/mol. The Morgan fingerprint density at radius 2 is 2.06 bits per heavy atom. The Bertz CT molecular complexity index is 263. The van der Waals surface area contributed by atoms with E-state index in [1.807, 2.05) is 7.05 Å². The summed E-state index contributed by atoms with van der Waals surface area (Å²) >= 11 is 0. The number of nitrogens with one attached hydrogen (secondary N) is 2. The molecule has 0 atom stereocenters. The minimum atomic E-state index is 0.518. The van der Waals surface area contributed by atoms with Gasteiger partial charge < -0.3 is 15.5 Å². The number of likely N-dealkylation sites (N-methyl/N-ethyl adjacent to an activating group) is 1. The topological polar surface area (TPSA) is 39.7 Å².